The van der Waals surface area contributed by atoms with Crippen LogP contribution in [-0.2, 0) is 9.59 Å². The van der Waals surface area contributed by atoms with Gasteiger partial charge in [-0.1, -0.05) is 53.0 Å². The molecule has 1 atom stereocenters. The van der Waals surface area contributed by atoms with Gasteiger partial charge in [0.2, 0.25) is 0 Å². The smallest absolute Gasteiger partial charge is 0.273 e. The van der Waals surface area contributed by atoms with Gasteiger partial charge in [-0.15, -0.1) is 0 Å². The normalized spacial score (nSPS) is 16.2. The summed E-state index contributed by atoms with van der Waals surface area (Å²) in [5.41, 5.74) is 14.0. The van der Waals surface area contributed by atoms with Crippen LogP contribution in [0.1, 0.15) is 0 Å². The second-order valence-corrected chi connectivity index (χ2v) is 7.78. The number of benzene rings is 2. The molecule has 160 valence electrons. The van der Waals surface area contributed by atoms with E-state index in [2.05, 4.69) is 20.9 Å². The van der Waals surface area contributed by atoms with Gasteiger partial charge in [-0.2, -0.15) is 15.2 Å². The number of carbonyl (C=O) groups is 2. The molecule has 1 aliphatic heterocycles. The predicted molar refractivity (Wildman–Crippen MR) is 126 cm³/mol. The lowest BCUT2D eigenvalue weighted by Crippen LogP contribution is -2.43. The van der Waals surface area contributed by atoms with E-state index in [0.717, 1.165) is 5.01 Å². The number of amidine groups is 1. The zero-order valence-electron chi connectivity index (χ0n) is 15.5. The highest BCUT2D eigenvalue weighted by Gasteiger charge is 2.42. The van der Waals surface area contributed by atoms with Crippen molar-refractivity contribution in [3.8, 4) is 0 Å². The van der Waals surface area contributed by atoms with Crippen LogP contribution in [0.5, 0.6) is 0 Å². The van der Waals surface area contributed by atoms with Crippen LogP contribution >= 0.6 is 47.0 Å². The number of nitrogens with zero attached hydrogens (tertiary/aromatic N) is 3. The highest BCUT2D eigenvalue weighted by Crippen LogP contribution is 2.32. The Labute approximate surface area is 197 Å². The zero-order valence-corrected chi connectivity index (χ0v) is 18.6. The number of carbonyl (C=O) groups excluding carboxylic acids is 2. The third-order valence-corrected chi connectivity index (χ3v) is 5.14. The summed E-state index contributed by atoms with van der Waals surface area (Å²) in [4.78, 5) is 26.1. The largest absolute Gasteiger partial charge is 0.385 e. The molecule has 13 heteroatoms. The average molecular weight is 499 g/mol. The van der Waals surface area contributed by atoms with Gasteiger partial charge >= 0.3 is 0 Å². The van der Waals surface area contributed by atoms with Crippen LogP contribution < -0.4 is 27.2 Å². The van der Waals surface area contributed by atoms with Crippen LogP contribution in [0, 0.1) is 5.92 Å². The summed E-state index contributed by atoms with van der Waals surface area (Å²) in [5.74, 6) is -2.85. The Morgan fingerprint density at radius 2 is 1.77 bits per heavy atom. The van der Waals surface area contributed by atoms with E-state index in [1.807, 2.05) is 0 Å². The van der Waals surface area contributed by atoms with Gasteiger partial charge in [0.15, 0.2) is 5.11 Å². The molecule has 2 aromatic rings. The first-order chi connectivity index (χ1) is 14.7. The summed E-state index contributed by atoms with van der Waals surface area (Å²) in [5, 5.41) is 11.8. The molecule has 0 spiro atoms. The predicted octanol–water partition coefficient (Wildman–Crippen LogP) is 2.71. The van der Waals surface area contributed by atoms with Crippen molar-refractivity contribution in [2.24, 2.45) is 27.6 Å². The van der Waals surface area contributed by atoms with E-state index in [9.17, 15) is 9.59 Å². The summed E-state index contributed by atoms with van der Waals surface area (Å²) in [6, 6.07) is 11.3. The van der Waals surface area contributed by atoms with Crippen molar-refractivity contribution >= 4 is 86.9 Å². The number of nitrogens with two attached hydrogens (primary N) is 2. The summed E-state index contributed by atoms with van der Waals surface area (Å²) >= 11 is 22.8. The molecule has 9 nitrogen and oxygen atoms in total. The summed E-state index contributed by atoms with van der Waals surface area (Å²) in [6.45, 7) is 0. The highest BCUT2D eigenvalue weighted by molar-refractivity contribution is 7.80. The fourth-order valence-corrected chi connectivity index (χ4v) is 3.29. The molecule has 1 heterocycles. The Morgan fingerprint density at radius 3 is 2.42 bits per heavy atom. The van der Waals surface area contributed by atoms with Crippen molar-refractivity contribution in [3.05, 3.63) is 57.5 Å². The monoisotopic (exact) mass is 497 g/mol. The Bertz CT molecular complexity index is 1120. The average Bonchev–Trinajstić information content (AvgIpc) is 3.01. The quantitative estimate of drug-likeness (QED) is 0.216. The maximum absolute atomic E-state index is 13.0. The van der Waals surface area contributed by atoms with Gasteiger partial charge < -0.3 is 16.8 Å². The summed E-state index contributed by atoms with van der Waals surface area (Å²) in [6.07, 6.45) is 0. The Hall–Kier alpha value is -2.92. The number of para-hydroxylation sites is 1. The molecular formula is C18H14Cl3N7O2S. The van der Waals surface area contributed by atoms with Crippen LogP contribution in [0.2, 0.25) is 15.1 Å². The molecule has 6 N–H and O–H groups in total. The maximum Gasteiger partial charge on any atom is 0.273 e. The van der Waals surface area contributed by atoms with Gasteiger partial charge in [0.05, 0.1) is 26.4 Å². The third-order valence-electron chi connectivity index (χ3n) is 4.02. The first kappa shape index (κ1) is 22.8. The minimum Gasteiger partial charge on any atom is -0.385 e. The van der Waals surface area contributed by atoms with Crippen molar-refractivity contribution in [3.63, 3.8) is 0 Å². The Balaban J connectivity index is 1.94. The lowest BCUT2D eigenvalue weighted by molar-refractivity contribution is -0.119. The number of thiocarbonyl (C=S) groups is 1. The Kier molecular flexibility index (Phi) is 6.96. The molecule has 0 saturated heterocycles. The van der Waals surface area contributed by atoms with Crippen LogP contribution in [-0.4, -0.2) is 28.5 Å². The number of hydrogen-bond donors (Lipinski definition) is 4. The summed E-state index contributed by atoms with van der Waals surface area (Å²) < 4.78 is 0. The molecule has 0 aromatic heterocycles. The topological polar surface area (TPSA) is 138 Å². The van der Waals surface area contributed by atoms with E-state index in [1.165, 1.54) is 12.1 Å². The Morgan fingerprint density at radius 1 is 1.13 bits per heavy atom. The SMILES string of the molecule is NC(=S)N/N=C(\C(=O)Nc1cc(Cl)c(Cl)cc1Cl)C1C(=O)N(c2ccccc2)N=C1N. The van der Waals surface area contributed by atoms with Crippen molar-refractivity contribution in [1.29, 1.82) is 0 Å². The molecule has 0 bridgehead atoms. The number of halogens is 3. The van der Waals surface area contributed by atoms with Crippen LogP contribution in [0.15, 0.2) is 52.7 Å². The summed E-state index contributed by atoms with van der Waals surface area (Å²) in [7, 11) is 0. The van der Waals surface area contributed by atoms with E-state index >= 15 is 0 Å². The van der Waals surface area contributed by atoms with Gasteiger partial charge in [-0.3, -0.25) is 15.0 Å². The standard InChI is InChI=1S/C18H14Cl3N7O2S/c19-9-6-11(21)12(7-10(9)20)24-16(29)14(25-26-18(23)31)13-15(22)27-28(17(13)30)8-4-2-1-3-5-8/h1-7,13H,(H2,22,27)(H,24,29)(H3,23,26,31)/b25-14-. The molecule has 0 saturated carbocycles. The lowest BCUT2D eigenvalue weighted by atomic mass is 10.0. The first-order valence-corrected chi connectivity index (χ1v) is 10.0. The molecule has 2 amide bonds. The fourth-order valence-electron chi connectivity index (χ4n) is 2.65. The van der Waals surface area contributed by atoms with Crippen molar-refractivity contribution in [1.82, 2.24) is 5.43 Å². The second kappa shape index (κ2) is 9.48. The van der Waals surface area contributed by atoms with Crippen molar-refractivity contribution in [2.45, 2.75) is 0 Å². The molecule has 0 aliphatic carbocycles. The number of hydrogen-bond acceptors (Lipinski definition) is 6. The van der Waals surface area contributed by atoms with Gasteiger partial charge in [-0.25, -0.2) is 0 Å². The molecule has 2 aromatic carbocycles. The molecule has 0 radical (unpaired) electrons. The first-order valence-electron chi connectivity index (χ1n) is 8.51. The molecule has 3 rings (SSSR count). The van der Waals surface area contributed by atoms with Gasteiger partial charge in [0, 0.05) is 0 Å². The van der Waals surface area contributed by atoms with Crippen LogP contribution in [0.3, 0.4) is 0 Å². The number of nitrogens with one attached hydrogen (secondary N) is 2. The van der Waals surface area contributed by atoms with E-state index < -0.39 is 17.7 Å². The molecule has 0 fully saturated rings. The molecule has 1 aliphatic rings. The molecule has 1 unspecified atom stereocenters. The number of amides is 2. The number of rotatable bonds is 5. The molecular weight excluding hydrogens is 485 g/mol. The van der Waals surface area contributed by atoms with Crippen molar-refractivity contribution < 1.29 is 9.59 Å². The number of anilines is 2. The second-order valence-electron chi connectivity index (χ2n) is 6.12. The lowest BCUT2D eigenvalue weighted by Gasteiger charge is -2.16. The van der Waals surface area contributed by atoms with Crippen LogP contribution in [0.4, 0.5) is 11.4 Å². The highest BCUT2D eigenvalue weighted by atomic mass is 35.5. The minimum absolute atomic E-state index is 0.120. The third kappa shape index (κ3) is 5.05. The van der Waals surface area contributed by atoms with E-state index in [-0.39, 0.29) is 37.4 Å². The maximum atomic E-state index is 13.0. The van der Waals surface area contributed by atoms with Gasteiger partial charge in [0.1, 0.15) is 17.5 Å². The van der Waals surface area contributed by atoms with E-state index in [4.69, 9.17) is 58.5 Å². The molecule has 31 heavy (non-hydrogen) atoms. The van der Waals surface area contributed by atoms with E-state index in [0.29, 0.717) is 5.69 Å². The zero-order chi connectivity index (χ0) is 22.7. The minimum atomic E-state index is -1.30. The van der Waals surface area contributed by atoms with Gasteiger partial charge in [-0.05, 0) is 36.5 Å². The number of hydrazone groups is 2. The van der Waals surface area contributed by atoms with Crippen molar-refractivity contribution in [2.75, 3.05) is 10.3 Å². The van der Waals surface area contributed by atoms with Crippen LogP contribution in [0.25, 0.3) is 0 Å². The fraction of sp³-hybridized carbons (Fsp3) is 0.0556. The van der Waals surface area contributed by atoms with E-state index in [1.54, 1.807) is 30.3 Å². The van der Waals surface area contributed by atoms with Gasteiger partial charge in [0.25, 0.3) is 11.8 Å².